The van der Waals surface area contributed by atoms with Gasteiger partial charge in [-0.15, -0.1) is 0 Å². The monoisotopic (exact) mass is 395 g/mol. The minimum absolute atomic E-state index is 0.0312. The summed E-state index contributed by atoms with van der Waals surface area (Å²) in [6.45, 7) is 4.32. The van der Waals surface area contributed by atoms with Crippen molar-refractivity contribution >= 4 is 40.2 Å². The van der Waals surface area contributed by atoms with Crippen molar-refractivity contribution in [3.8, 4) is 5.69 Å². The third-order valence-electron chi connectivity index (χ3n) is 3.89. The maximum atomic E-state index is 12.7. The van der Waals surface area contributed by atoms with E-state index in [2.05, 4.69) is 10.1 Å². The molecule has 2 rings (SSSR count). The fourth-order valence-electron chi connectivity index (χ4n) is 2.56. The van der Waals surface area contributed by atoms with Gasteiger partial charge in [-0.25, -0.2) is 4.68 Å². The number of halogens is 1. The molecule has 0 saturated heterocycles. The number of carbonyl (C=O) groups excluding carboxylic acids is 2. The summed E-state index contributed by atoms with van der Waals surface area (Å²) in [5.41, 5.74) is 6.54. The average Bonchev–Trinajstić information content (AvgIpc) is 3.01. The van der Waals surface area contributed by atoms with Gasteiger partial charge in [-0.3, -0.25) is 14.6 Å². The molecule has 0 aliphatic carbocycles. The predicted octanol–water partition coefficient (Wildman–Crippen LogP) is 3.64. The summed E-state index contributed by atoms with van der Waals surface area (Å²) in [5, 5.41) is 4.13. The Morgan fingerprint density at radius 2 is 2.19 bits per heavy atom. The van der Waals surface area contributed by atoms with E-state index < -0.39 is 5.24 Å². The highest BCUT2D eigenvalue weighted by Gasteiger charge is 2.21. The maximum absolute atomic E-state index is 12.7. The van der Waals surface area contributed by atoms with Gasteiger partial charge in [0.25, 0.3) is 5.24 Å². The van der Waals surface area contributed by atoms with Crippen molar-refractivity contribution in [2.75, 3.05) is 11.4 Å². The highest BCUT2D eigenvalue weighted by Crippen LogP contribution is 2.27. The molecular weight excluding hydrogens is 374 g/mol. The van der Waals surface area contributed by atoms with Gasteiger partial charge in [0.2, 0.25) is 5.91 Å². The standard InChI is InChI=1S/C17H22ClN5O2S/c1-3-13(26-17(19)25)7-8-15(24)22(4-2)14-11-23(21-16(14)18)12-6-5-9-20-10-12/h5-6,9-11,13H,3-4,7-8H2,1-2H3,(H2,19,25). The molecule has 0 aliphatic heterocycles. The Labute approximate surface area is 161 Å². The number of hydrogen-bond acceptors (Lipinski definition) is 5. The first-order chi connectivity index (χ1) is 12.5. The van der Waals surface area contributed by atoms with Crippen LogP contribution in [0.25, 0.3) is 5.69 Å². The first kappa shape index (κ1) is 20.3. The van der Waals surface area contributed by atoms with Crippen molar-refractivity contribution < 1.29 is 9.59 Å². The second-order valence-corrected chi connectivity index (χ2v) is 7.27. The second-order valence-electron chi connectivity index (χ2n) is 5.60. The summed E-state index contributed by atoms with van der Waals surface area (Å²) < 4.78 is 1.60. The molecule has 0 aromatic carbocycles. The number of aromatic nitrogens is 3. The molecule has 1 atom stereocenters. The molecule has 0 aliphatic rings. The van der Waals surface area contributed by atoms with Crippen molar-refractivity contribution in [3.05, 3.63) is 35.9 Å². The zero-order valence-corrected chi connectivity index (χ0v) is 16.3. The Morgan fingerprint density at radius 1 is 1.42 bits per heavy atom. The predicted molar refractivity (Wildman–Crippen MR) is 105 cm³/mol. The van der Waals surface area contributed by atoms with E-state index in [0.717, 1.165) is 23.9 Å². The van der Waals surface area contributed by atoms with Gasteiger partial charge < -0.3 is 10.6 Å². The fraction of sp³-hybridized carbons (Fsp3) is 0.412. The summed E-state index contributed by atoms with van der Waals surface area (Å²) in [4.78, 5) is 29.4. The normalized spacial score (nSPS) is 12.0. The molecule has 140 valence electrons. The van der Waals surface area contributed by atoms with Gasteiger partial charge in [0.15, 0.2) is 5.15 Å². The molecule has 2 aromatic rings. The molecule has 2 heterocycles. The molecule has 26 heavy (non-hydrogen) atoms. The third-order valence-corrected chi connectivity index (χ3v) is 5.29. The van der Waals surface area contributed by atoms with Crippen molar-refractivity contribution in [2.24, 2.45) is 5.73 Å². The number of rotatable bonds is 8. The van der Waals surface area contributed by atoms with Crippen LogP contribution in [-0.4, -0.2) is 37.7 Å². The number of carbonyl (C=O) groups is 2. The second kappa shape index (κ2) is 9.59. The number of nitrogens with two attached hydrogens (primary N) is 1. The number of primary amides is 1. The zero-order chi connectivity index (χ0) is 19.1. The summed E-state index contributed by atoms with van der Waals surface area (Å²) in [6, 6.07) is 3.65. The maximum Gasteiger partial charge on any atom is 0.276 e. The number of thioether (sulfide) groups is 1. The van der Waals surface area contributed by atoms with Crippen LogP contribution in [0.4, 0.5) is 10.5 Å². The van der Waals surface area contributed by atoms with Crippen LogP contribution < -0.4 is 10.6 Å². The van der Waals surface area contributed by atoms with Crippen LogP contribution in [0.2, 0.25) is 5.15 Å². The summed E-state index contributed by atoms with van der Waals surface area (Å²) in [5.74, 6) is -0.0661. The van der Waals surface area contributed by atoms with Crippen molar-refractivity contribution in [2.45, 2.75) is 38.4 Å². The quantitative estimate of drug-likeness (QED) is 0.736. The molecule has 2 aromatic heterocycles. The first-order valence-electron chi connectivity index (χ1n) is 8.38. The van der Waals surface area contributed by atoms with Crippen LogP contribution in [0.3, 0.4) is 0 Å². The van der Waals surface area contributed by atoms with E-state index in [-0.39, 0.29) is 16.3 Å². The Hall–Kier alpha value is -2.06. The van der Waals surface area contributed by atoms with Gasteiger partial charge in [0, 0.05) is 24.4 Å². The highest BCUT2D eigenvalue weighted by molar-refractivity contribution is 8.14. The molecule has 0 bridgehead atoms. The van der Waals surface area contributed by atoms with Crippen molar-refractivity contribution in [1.82, 2.24) is 14.8 Å². The van der Waals surface area contributed by atoms with Crippen molar-refractivity contribution in [3.63, 3.8) is 0 Å². The lowest BCUT2D eigenvalue weighted by atomic mass is 10.2. The van der Waals surface area contributed by atoms with Gasteiger partial charge in [-0.2, -0.15) is 5.10 Å². The van der Waals surface area contributed by atoms with Gasteiger partial charge in [0.05, 0.1) is 18.1 Å². The third kappa shape index (κ3) is 5.22. The Kier molecular flexibility index (Phi) is 7.47. The number of nitrogens with zero attached hydrogens (tertiary/aromatic N) is 4. The van der Waals surface area contributed by atoms with Gasteiger partial charge in [0.1, 0.15) is 5.69 Å². The molecule has 0 spiro atoms. The van der Waals surface area contributed by atoms with Crippen LogP contribution in [0, 0.1) is 0 Å². The lowest BCUT2D eigenvalue weighted by Crippen LogP contribution is -2.31. The number of hydrogen-bond donors (Lipinski definition) is 1. The van der Waals surface area contributed by atoms with Crippen molar-refractivity contribution in [1.29, 1.82) is 0 Å². The minimum Gasteiger partial charge on any atom is -0.361 e. The van der Waals surface area contributed by atoms with Crippen LogP contribution in [0.1, 0.15) is 33.1 Å². The molecule has 0 saturated carbocycles. The van der Waals surface area contributed by atoms with Crippen LogP contribution in [0.15, 0.2) is 30.7 Å². The Balaban J connectivity index is 2.11. The number of amides is 2. The van der Waals surface area contributed by atoms with E-state index in [0.29, 0.717) is 25.1 Å². The van der Waals surface area contributed by atoms with E-state index in [4.69, 9.17) is 17.3 Å². The van der Waals surface area contributed by atoms with Crippen LogP contribution in [0.5, 0.6) is 0 Å². The van der Waals surface area contributed by atoms with Crippen LogP contribution in [-0.2, 0) is 4.79 Å². The molecule has 0 fully saturated rings. The van der Waals surface area contributed by atoms with Gasteiger partial charge in [-0.05, 0) is 31.9 Å². The van der Waals surface area contributed by atoms with E-state index in [9.17, 15) is 9.59 Å². The lowest BCUT2D eigenvalue weighted by molar-refractivity contribution is -0.118. The van der Waals surface area contributed by atoms with Crippen LogP contribution >= 0.6 is 23.4 Å². The average molecular weight is 396 g/mol. The highest BCUT2D eigenvalue weighted by atomic mass is 35.5. The minimum atomic E-state index is -0.419. The van der Waals surface area contributed by atoms with E-state index in [1.165, 1.54) is 0 Å². The van der Waals surface area contributed by atoms with E-state index >= 15 is 0 Å². The Morgan fingerprint density at radius 3 is 2.77 bits per heavy atom. The molecule has 0 radical (unpaired) electrons. The number of pyridine rings is 1. The largest absolute Gasteiger partial charge is 0.361 e. The van der Waals surface area contributed by atoms with E-state index in [1.54, 1.807) is 34.2 Å². The van der Waals surface area contributed by atoms with Gasteiger partial charge >= 0.3 is 0 Å². The zero-order valence-electron chi connectivity index (χ0n) is 14.8. The van der Waals surface area contributed by atoms with E-state index in [1.807, 2.05) is 19.9 Å². The molecule has 1 unspecified atom stereocenters. The molecular formula is C17H22ClN5O2S. The van der Waals surface area contributed by atoms with Gasteiger partial charge in [-0.1, -0.05) is 30.3 Å². The summed E-state index contributed by atoms with van der Waals surface area (Å²) in [7, 11) is 0. The number of anilines is 1. The fourth-order valence-corrected chi connectivity index (χ4v) is 3.52. The summed E-state index contributed by atoms with van der Waals surface area (Å²) >= 11 is 7.34. The molecule has 2 amide bonds. The lowest BCUT2D eigenvalue weighted by Gasteiger charge is -2.20. The first-order valence-corrected chi connectivity index (χ1v) is 9.64. The smallest absolute Gasteiger partial charge is 0.276 e. The molecule has 9 heteroatoms. The molecule has 2 N–H and O–H groups in total. The summed E-state index contributed by atoms with van der Waals surface area (Å²) in [6.07, 6.45) is 6.71. The SMILES string of the molecule is CCC(CCC(=O)N(CC)c1cn(-c2cccnc2)nc1Cl)SC(N)=O. The topological polar surface area (TPSA) is 94.1 Å². The Bertz CT molecular complexity index is 753. The molecule has 7 nitrogen and oxygen atoms in total.